The van der Waals surface area contributed by atoms with Crippen LogP contribution in [0.15, 0.2) is 18.2 Å². The Hall–Kier alpha value is -1.13. The fraction of sp³-hybridized carbons (Fsp3) is 0.455. The van der Waals surface area contributed by atoms with Crippen molar-refractivity contribution in [2.45, 2.75) is 6.04 Å². The standard InChI is InChI=1S/C11H14FNO2/c1-14-11-3-2-8(12)6-9(11)10-7-15-5-4-13-10/h2-3,6,10,13H,4-5,7H2,1H3/t10-/m1/s1. The van der Waals surface area contributed by atoms with Crippen molar-refractivity contribution >= 4 is 0 Å². The summed E-state index contributed by atoms with van der Waals surface area (Å²) in [6.45, 7) is 2.04. The molecule has 1 aliphatic rings. The molecule has 0 aliphatic carbocycles. The number of methoxy groups -OCH3 is 1. The number of morpholine rings is 1. The van der Waals surface area contributed by atoms with Gasteiger partial charge in [0.2, 0.25) is 0 Å². The molecule has 0 amide bonds. The SMILES string of the molecule is COc1ccc(F)cc1[C@H]1COCCN1. The van der Waals surface area contributed by atoms with Crippen molar-refractivity contribution in [3.63, 3.8) is 0 Å². The largest absolute Gasteiger partial charge is 0.496 e. The Morgan fingerprint density at radius 1 is 1.53 bits per heavy atom. The van der Waals surface area contributed by atoms with Crippen molar-refractivity contribution in [1.82, 2.24) is 5.32 Å². The van der Waals surface area contributed by atoms with Crippen LogP contribution in [-0.4, -0.2) is 26.9 Å². The number of hydrogen-bond acceptors (Lipinski definition) is 3. The second-order valence-corrected chi connectivity index (χ2v) is 3.47. The fourth-order valence-corrected chi connectivity index (χ4v) is 1.74. The van der Waals surface area contributed by atoms with Crippen molar-refractivity contribution in [2.75, 3.05) is 26.9 Å². The maximum absolute atomic E-state index is 13.1. The first kappa shape index (κ1) is 10.4. The highest BCUT2D eigenvalue weighted by atomic mass is 19.1. The monoisotopic (exact) mass is 211 g/mol. The van der Waals surface area contributed by atoms with Crippen LogP contribution in [0.3, 0.4) is 0 Å². The highest BCUT2D eigenvalue weighted by molar-refractivity contribution is 5.36. The number of rotatable bonds is 2. The van der Waals surface area contributed by atoms with Gasteiger partial charge in [-0.05, 0) is 18.2 Å². The Kier molecular flexibility index (Phi) is 3.18. The summed E-state index contributed by atoms with van der Waals surface area (Å²) >= 11 is 0. The minimum Gasteiger partial charge on any atom is -0.496 e. The first-order valence-corrected chi connectivity index (χ1v) is 4.96. The molecule has 82 valence electrons. The van der Waals surface area contributed by atoms with Crippen molar-refractivity contribution in [1.29, 1.82) is 0 Å². The van der Waals surface area contributed by atoms with Gasteiger partial charge in [0.05, 0.1) is 26.4 Å². The van der Waals surface area contributed by atoms with E-state index in [-0.39, 0.29) is 11.9 Å². The molecule has 1 atom stereocenters. The molecular weight excluding hydrogens is 197 g/mol. The van der Waals surface area contributed by atoms with Gasteiger partial charge in [-0.25, -0.2) is 4.39 Å². The maximum atomic E-state index is 13.1. The molecule has 1 aliphatic heterocycles. The third-order valence-corrected chi connectivity index (χ3v) is 2.49. The Morgan fingerprint density at radius 3 is 3.07 bits per heavy atom. The topological polar surface area (TPSA) is 30.5 Å². The molecule has 0 aromatic heterocycles. The van der Waals surface area contributed by atoms with Gasteiger partial charge >= 0.3 is 0 Å². The Bertz CT molecular complexity index is 337. The maximum Gasteiger partial charge on any atom is 0.123 e. The van der Waals surface area contributed by atoms with E-state index in [1.54, 1.807) is 13.2 Å². The summed E-state index contributed by atoms with van der Waals surface area (Å²) in [5, 5.41) is 3.27. The van der Waals surface area contributed by atoms with Crippen molar-refractivity contribution in [3.8, 4) is 5.75 Å². The summed E-state index contributed by atoms with van der Waals surface area (Å²) in [4.78, 5) is 0. The minimum absolute atomic E-state index is 0.0180. The lowest BCUT2D eigenvalue weighted by atomic mass is 10.1. The lowest BCUT2D eigenvalue weighted by Gasteiger charge is -2.25. The van der Waals surface area contributed by atoms with E-state index >= 15 is 0 Å². The summed E-state index contributed by atoms with van der Waals surface area (Å²) in [6, 6.07) is 4.54. The average molecular weight is 211 g/mol. The highest BCUT2D eigenvalue weighted by Crippen LogP contribution is 2.27. The number of benzene rings is 1. The van der Waals surface area contributed by atoms with Crippen LogP contribution in [0.2, 0.25) is 0 Å². The first-order valence-electron chi connectivity index (χ1n) is 4.96. The smallest absolute Gasteiger partial charge is 0.123 e. The van der Waals surface area contributed by atoms with Gasteiger partial charge in [-0.1, -0.05) is 0 Å². The molecule has 2 rings (SSSR count). The summed E-state index contributed by atoms with van der Waals surface area (Å²) in [5.41, 5.74) is 0.817. The predicted octanol–water partition coefficient (Wildman–Crippen LogP) is 1.50. The van der Waals surface area contributed by atoms with E-state index in [0.29, 0.717) is 19.0 Å². The number of halogens is 1. The third kappa shape index (κ3) is 2.27. The van der Waals surface area contributed by atoms with E-state index in [2.05, 4.69) is 5.32 Å². The molecule has 1 aromatic carbocycles. The van der Waals surface area contributed by atoms with E-state index in [0.717, 1.165) is 12.1 Å². The molecule has 1 N–H and O–H groups in total. The van der Waals surface area contributed by atoms with Crippen molar-refractivity contribution < 1.29 is 13.9 Å². The van der Waals surface area contributed by atoms with Gasteiger partial charge in [0.25, 0.3) is 0 Å². The summed E-state index contributed by atoms with van der Waals surface area (Å²) in [5.74, 6) is 0.442. The van der Waals surface area contributed by atoms with Gasteiger partial charge < -0.3 is 14.8 Å². The molecule has 0 spiro atoms. The minimum atomic E-state index is -0.252. The molecule has 0 unspecified atom stereocenters. The van der Waals surface area contributed by atoms with Crippen LogP contribution in [0.1, 0.15) is 11.6 Å². The van der Waals surface area contributed by atoms with E-state index in [9.17, 15) is 4.39 Å². The second-order valence-electron chi connectivity index (χ2n) is 3.47. The zero-order chi connectivity index (χ0) is 10.7. The van der Waals surface area contributed by atoms with E-state index in [1.807, 2.05) is 0 Å². The zero-order valence-electron chi connectivity index (χ0n) is 8.63. The van der Waals surface area contributed by atoms with E-state index < -0.39 is 0 Å². The molecule has 3 nitrogen and oxygen atoms in total. The van der Waals surface area contributed by atoms with Crippen LogP contribution in [0, 0.1) is 5.82 Å². The van der Waals surface area contributed by atoms with E-state index in [1.165, 1.54) is 12.1 Å². The molecule has 0 bridgehead atoms. The van der Waals surface area contributed by atoms with Crippen LogP contribution in [0.25, 0.3) is 0 Å². The molecule has 1 saturated heterocycles. The number of hydrogen-bond donors (Lipinski definition) is 1. The molecule has 15 heavy (non-hydrogen) atoms. The van der Waals surface area contributed by atoms with Gasteiger partial charge in [-0.15, -0.1) is 0 Å². The molecule has 1 heterocycles. The van der Waals surface area contributed by atoms with Crippen LogP contribution in [-0.2, 0) is 4.74 Å². The van der Waals surface area contributed by atoms with Crippen LogP contribution in [0.5, 0.6) is 5.75 Å². The summed E-state index contributed by atoms with van der Waals surface area (Å²) < 4.78 is 23.6. The first-order chi connectivity index (χ1) is 7.31. The average Bonchev–Trinajstić information content (AvgIpc) is 2.30. The zero-order valence-corrected chi connectivity index (χ0v) is 8.63. The Morgan fingerprint density at radius 2 is 2.40 bits per heavy atom. The van der Waals surface area contributed by atoms with Crippen LogP contribution < -0.4 is 10.1 Å². The van der Waals surface area contributed by atoms with Gasteiger partial charge in [0, 0.05) is 12.1 Å². The molecule has 4 heteroatoms. The number of ether oxygens (including phenoxy) is 2. The van der Waals surface area contributed by atoms with Gasteiger partial charge in [0.15, 0.2) is 0 Å². The summed E-state index contributed by atoms with van der Waals surface area (Å²) in [6.07, 6.45) is 0. The highest BCUT2D eigenvalue weighted by Gasteiger charge is 2.19. The molecular formula is C11H14FNO2. The molecule has 0 radical (unpaired) electrons. The van der Waals surface area contributed by atoms with Crippen LogP contribution in [0.4, 0.5) is 4.39 Å². The second kappa shape index (κ2) is 4.59. The summed E-state index contributed by atoms with van der Waals surface area (Å²) in [7, 11) is 1.58. The molecule has 1 fully saturated rings. The normalized spacial score (nSPS) is 21.3. The lowest BCUT2D eigenvalue weighted by Crippen LogP contribution is -2.34. The van der Waals surface area contributed by atoms with Gasteiger partial charge in [0.1, 0.15) is 11.6 Å². The Balaban J connectivity index is 2.27. The molecule has 0 saturated carbocycles. The predicted molar refractivity (Wildman–Crippen MR) is 54.5 cm³/mol. The van der Waals surface area contributed by atoms with Crippen molar-refractivity contribution in [2.24, 2.45) is 0 Å². The van der Waals surface area contributed by atoms with Crippen LogP contribution >= 0.6 is 0 Å². The number of nitrogens with one attached hydrogen (secondary N) is 1. The molecule has 1 aromatic rings. The third-order valence-electron chi connectivity index (χ3n) is 2.49. The van der Waals surface area contributed by atoms with E-state index in [4.69, 9.17) is 9.47 Å². The van der Waals surface area contributed by atoms with Crippen molar-refractivity contribution in [3.05, 3.63) is 29.6 Å². The lowest BCUT2D eigenvalue weighted by molar-refractivity contribution is 0.0759. The Labute approximate surface area is 88.2 Å². The van der Waals surface area contributed by atoms with Gasteiger partial charge in [-0.2, -0.15) is 0 Å². The fourth-order valence-electron chi connectivity index (χ4n) is 1.74. The van der Waals surface area contributed by atoms with Gasteiger partial charge in [-0.3, -0.25) is 0 Å². The quantitative estimate of drug-likeness (QED) is 0.804.